The zero-order valence-corrected chi connectivity index (χ0v) is 16.6. The first-order valence-electron chi connectivity index (χ1n) is 8.72. The molecule has 0 radical (unpaired) electrons. The summed E-state index contributed by atoms with van der Waals surface area (Å²) in [7, 11) is 0. The van der Waals surface area contributed by atoms with E-state index in [1.165, 1.54) is 0 Å². The summed E-state index contributed by atoms with van der Waals surface area (Å²) >= 11 is 12.1. The van der Waals surface area contributed by atoms with Crippen LogP contribution in [0.25, 0.3) is 11.5 Å². The van der Waals surface area contributed by atoms with Crippen LogP contribution >= 0.6 is 23.2 Å². The van der Waals surface area contributed by atoms with Crippen LogP contribution in [0.5, 0.6) is 0 Å². The van der Waals surface area contributed by atoms with Crippen molar-refractivity contribution < 1.29 is 13.7 Å². The van der Waals surface area contributed by atoms with Crippen molar-refractivity contribution in [2.24, 2.45) is 0 Å². The summed E-state index contributed by atoms with van der Waals surface area (Å²) in [5, 5.41) is 12.9. The number of amides is 1. The van der Waals surface area contributed by atoms with Gasteiger partial charge in [-0.25, -0.2) is 0 Å². The van der Waals surface area contributed by atoms with Crippen molar-refractivity contribution in [2.45, 2.75) is 13.5 Å². The van der Waals surface area contributed by atoms with Gasteiger partial charge in [0, 0.05) is 37.3 Å². The molecule has 1 aromatic carbocycles. The summed E-state index contributed by atoms with van der Waals surface area (Å²) in [6.07, 6.45) is 0. The SMILES string of the molecule is Cc1cc(C(=O)N2CCN(Cc3nnc(-c4ccc(Cl)cc4Cl)o3)CC2)on1. The number of rotatable bonds is 4. The second-order valence-electron chi connectivity index (χ2n) is 6.53. The highest BCUT2D eigenvalue weighted by Crippen LogP contribution is 2.29. The lowest BCUT2D eigenvalue weighted by atomic mass is 10.2. The van der Waals surface area contributed by atoms with Crippen LogP contribution in [0.2, 0.25) is 10.0 Å². The molecule has 8 nitrogen and oxygen atoms in total. The Morgan fingerprint density at radius 3 is 2.61 bits per heavy atom. The van der Waals surface area contributed by atoms with Crippen LogP contribution in [0.4, 0.5) is 0 Å². The quantitative estimate of drug-likeness (QED) is 0.638. The third-order valence-corrected chi connectivity index (χ3v) is 5.03. The zero-order valence-electron chi connectivity index (χ0n) is 15.1. The molecule has 2 aromatic heterocycles. The maximum absolute atomic E-state index is 12.4. The van der Waals surface area contributed by atoms with Gasteiger partial charge in [0.15, 0.2) is 0 Å². The third kappa shape index (κ3) is 4.04. The average molecular weight is 422 g/mol. The van der Waals surface area contributed by atoms with Crippen LogP contribution in [-0.4, -0.2) is 57.2 Å². The summed E-state index contributed by atoms with van der Waals surface area (Å²) < 4.78 is 10.8. The van der Waals surface area contributed by atoms with Gasteiger partial charge in [0.2, 0.25) is 17.5 Å². The van der Waals surface area contributed by atoms with Crippen molar-refractivity contribution in [3.63, 3.8) is 0 Å². The summed E-state index contributed by atoms with van der Waals surface area (Å²) in [6, 6.07) is 6.75. The van der Waals surface area contributed by atoms with Crippen LogP contribution in [0.1, 0.15) is 22.1 Å². The van der Waals surface area contributed by atoms with E-state index in [0.717, 1.165) is 0 Å². The molecule has 0 unspecified atom stereocenters. The Bertz CT molecular complexity index is 995. The first kappa shape index (κ1) is 18.9. The average Bonchev–Trinajstić information content (AvgIpc) is 3.31. The first-order valence-corrected chi connectivity index (χ1v) is 9.48. The summed E-state index contributed by atoms with van der Waals surface area (Å²) in [5.74, 6) is 0.975. The van der Waals surface area contributed by atoms with Crippen LogP contribution in [0.15, 0.2) is 33.2 Å². The molecule has 0 aliphatic carbocycles. The molecule has 0 spiro atoms. The second-order valence-corrected chi connectivity index (χ2v) is 7.37. The van der Waals surface area contributed by atoms with E-state index in [1.807, 2.05) is 0 Å². The fourth-order valence-electron chi connectivity index (χ4n) is 3.01. The van der Waals surface area contributed by atoms with Gasteiger partial charge in [-0.05, 0) is 25.1 Å². The highest BCUT2D eigenvalue weighted by molar-refractivity contribution is 6.36. The zero-order chi connectivity index (χ0) is 19.7. The minimum absolute atomic E-state index is 0.141. The number of aromatic nitrogens is 3. The minimum atomic E-state index is -0.141. The van der Waals surface area contributed by atoms with Gasteiger partial charge in [-0.1, -0.05) is 28.4 Å². The number of piperazine rings is 1. The highest BCUT2D eigenvalue weighted by Gasteiger charge is 2.25. The molecule has 0 saturated carbocycles. The molecule has 3 aromatic rings. The normalized spacial score (nSPS) is 15.2. The molecule has 0 atom stereocenters. The van der Waals surface area contributed by atoms with Gasteiger partial charge in [0.25, 0.3) is 5.91 Å². The molecule has 1 fully saturated rings. The third-order valence-electron chi connectivity index (χ3n) is 4.49. The van der Waals surface area contributed by atoms with Gasteiger partial charge in [-0.3, -0.25) is 9.69 Å². The van der Waals surface area contributed by atoms with E-state index < -0.39 is 0 Å². The molecular weight excluding hydrogens is 405 g/mol. The van der Waals surface area contributed by atoms with Crippen molar-refractivity contribution in [3.8, 4) is 11.5 Å². The Balaban J connectivity index is 1.35. The Labute approximate surface area is 171 Å². The van der Waals surface area contributed by atoms with E-state index in [2.05, 4.69) is 20.3 Å². The lowest BCUT2D eigenvalue weighted by Gasteiger charge is -2.33. The Morgan fingerprint density at radius 2 is 1.93 bits per heavy atom. The number of hydrogen-bond donors (Lipinski definition) is 0. The lowest BCUT2D eigenvalue weighted by Crippen LogP contribution is -2.48. The standard InChI is InChI=1S/C18H17Cl2N5O3/c1-11-8-15(28-23-11)18(26)25-6-4-24(5-7-25)10-16-21-22-17(27-16)13-3-2-12(19)9-14(13)20/h2-3,8-9H,4-7,10H2,1H3. The molecule has 4 rings (SSSR count). The highest BCUT2D eigenvalue weighted by atomic mass is 35.5. The molecule has 3 heterocycles. The van der Waals surface area contributed by atoms with E-state index in [9.17, 15) is 4.79 Å². The second kappa shape index (κ2) is 7.90. The fourth-order valence-corrected chi connectivity index (χ4v) is 3.50. The number of nitrogens with zero attached hydrogens (tertiary/aromatic N) is 5. The van der Waals surface area contributed by atoms with Crippen LogP contribution < -0.4 is 0 Å². The molecule has 1 amide bonds. The molecule has 1 aliphatic heterocycles. The Morgan fingerprint density at radius 1 is 1.14 bits per heavy atom. The van der Waals surface area contributed by atoms with Crippen LogP contribution in [0.3, 0.4) is 0 Å². The van der Waals surface area contributed by atoms with E-state index >= 15 is 0 Å². The molecule has 0 N–H and O–H groups in total. The topological polar surface area (TPSA) is 88.5 Å². The predicted molar refractivity (Wildman–Crippen MR) is 102 cm³/mol. The van der Waals surface area contributed by atoms with Gasteiger partial charge >= 0.3 is 0 Å². The molecule has 10 heteroatoms. The van der Waals surface area contributed by atoms with Crippen LogP contribution in [0, 0.1) is 6.92 Å². The minimum Gasteiger partial charge on any atom is -0.419 e. The number of carbonyl (C=O) groups excluding carboxylic acids is 1. The maximum Gasteiger partial charge on any atom is 0.292 e. The van der Waals surface area contributed by atoms with E-state index in [4.69, 9.17) is 32.1 Å². The van der Waals surface area contributed by atoms with Crippen molar-refractivity contribution >= 4 is 29.1 Å². The van der Waals surface area contributed by atoms with Crippen molar-refractivity contribution in [1.29, 1.82) is 0 Å². The predicted octanol–water partition coefficient (Wildman–Crippen LogP) is 3.30. The van der Waals surface area contributed by atoms with Gasteiger partial charge in [-0.2, -0.15) is 0 Å². The van der Waals surface area contributed by atoms with E-state index in [0.29, 0.717) is 65.8 Å². The largest absolute Gasteiger partial charge is 0.419 e. The molecule has 0 bridgehead atoms. The van der Waals surface area contributed by atoms with E-state index in [-0.39, 0.29) is 11.7 Å². The first-order chi connectivity index (χ1) is 13.5. The number of carbonyl (C=O) groups is 1. The molecule has 1 saturated heterocycles. The van der Waals surface area contributed by atoms with Crippen molar-refractivity contribution in [2.75, 3.05) is 26.2 Å². The van der Waals surface area contributed by atoms with E-state index in [1.54, 1.807) is 36.1 Å². The molecule has 28 heavy (non-hydrogen) atoms. The maximum atomic E-state index is 12.4. The van der Waals surface area contributed by atoms with Crippen LogP contribution in [-0.2, 0) is 6.54 Å². The number of aryl methyl sites for hydroxylation is 1. The smallest absolute Gasteiger partial charge is 0.292 e. The van der Waals surface area contributed by atoms with Gasteiger partial charge in [0.1, 0.15) is 0 Å². The van der Waals surface area contributed by atoms with Gasteiger partial charge < -0.3 is 13.8 Å². The number of halogens is 2. The van der Waals surface area contributed by atoms with Crippen molar-refractivity contribution in [3.05, 3.63) is 51.7 Å². The number of hydrogen-bond acceptors (Lipinski definition) is 7. The summed E-state index contributed by atoms with van der Waals surface area (Å²) in [5.41, 5.74) is 1.33. The van der Waals surface area contributed by atoms with Gasteiger partial charge in [0.05, 0.1) is 22.8 Å². The Kier molecular flexibility index (Phi) is 5.34. The van der Waals surface area contributed by atoms with Gasteiger partial charge in [-0.15, -0.1) is 10.2 Å². The lowest BCUT2D eigenvalue weighted by molar-refractivity contribution is 0.0579. The molecule has 146 valence electrons. The van der Waals surface area contributed by atoms with Crippen molar-refractivity contribution in [1.82, 2.24) is 25.2 Å². The summed E-state index contributed by atoms with van der Waals surface area (Å²) in [4.78, 5) is 16.3. The fraction of sp³-hybridized carbons (Fsp3) is 0.333. The molecular formula is C18H17Cl2N5O3. The molecule has 1 aliphatic rings. The monoisotopic (exact) mass is 421 g/mol. The Hall–Kier alpha value is -2.42. The number of benzene rings is 1. The summed E-state index contributed by atoms with van der Waals surface area (Å²) in [6.45, 7) is 4.84.